The fraction of sp³-hybridized carbons (Fsp3) is 0.167. The SMILES string of the molecule is Cc1nc(Cl)ccc1NC(=O)c1ccc([N+](=O)[O-])n1C. The number of rotatable bonds is 3. The maximum Gasteiger partial charge on any atom is 0.323 e. The first-order chi connectivity index (χ1) is 9.40. The van der Waals surface area contributed by atoms with E-state index in [0.717, 1.165) is 0 Å². The molecule has 0 saturated heterocycles. The van der Waals surface area contributed by atoms with Crippen molar-refractivity contribution in [3.05, 3.63) is 50.9 Å². The molecule has 2 aromatic heterocycles. The van der Waals surface area contributed by atoms with Crippen molar-refractivity contribution in [3.8, 4) is 0 Å². The normalized spacial score (nSPS) is 10.3. The summed E-state index contributed by atoms with van der Waals surface area (Å²) in [6, 6.07) is 5.85. The van der Waals surface area contributed by atoms with Crippen molar-refractivity contribution < 1.29 is 9.72 Å². The Hall–Kier alpha value is -2.41. The molecule has 8 heteroatoms. The highest BCUT2D eigenvalue weighted by atomic mass is 35.5. The maximum absolute atomic E-state index is 12.1. The highest BCUT2D eigenvalue weighted by Gasteiger charge is 2.21. The Morgan fingerprint density at radius 2 is 2.10 bits per heavy atom. The fourth-order valence-electron chi connectivity index (χ4n) is 1.76. The highest BCUT2D eigenvalue weighted by Crippen LogP contribution is 2.19. The van der Waals surface area contributed by atoms with E-state index in [9.17, 15) is 14.9 Å². The molecule has 0 aromatic carbocycles. The van der Waals surface area contributed by atoms with Gasteiger partial charge in [0.05, 0.1) is 18.4 Å². The third-order valence-corrected chi connectivity index (χ3v) is 3.03. The molecule has 0 aliphatic rings. The van der Waals surface area contributed by atoms with Crippen LogP contribution in [0.1, 0.15) is 16.2 Å². The van der Waals surface area contributed by atoms with Crippen molar-refractivity contribution in [3.63, 3.8) is 0 Å². The Morgan fingerprint density at radius 3 is 2.65 bits per heavy atom. The number of halogens is 1. The van der Waals surface area contributed by atoms with E-state index in [1.165, 1.54) is 23.7 Å². The lowest BCUT2D eigenvalue weighted by Gasteiger charge is -2.07. The predicted octanol–water partition coefficient (Wildman–Crippen LogP) is 2.54. The lowest BCUT2D eigenvalue weighted by atomic mass is 10.3. The monoisotopic (exact) mass is 294 g/mol. The largest absolute Gasteiger partial charge is 0.358 e. The van der Waals surface area contributed by atoms with Crippen LogP contribution in [0.2, 0.25) is 5.15 Å². The van der Waals surface area contributed by atoms with Gasteiger partial charge in [0.25, 0.3) is 5.91 Å². The summed E-state index contributed by atoms with van der Waals surface area (Å²) in [6.07, 6.45) is 0. The minimum atomic E-state index is -0.550. The summed E-state index contributed by atoms with van der Waals surface area (Å²) in [6.45, 7) is 1.70. The summed E-state index contributed by atoms with van der Waals surface area (Å²) >= 11 is 5.73. The van der Waals surface area contributed by atoms with E-state index in [2.05, 4.69) is 10.3 Å². The van der Waals surface area contributed by atoms with Crippen LogP contribution in [0.5, 0.6) is 0 Å². The number of anilines is 1. The number of carbonyl (C=O) groups excluding carboxylic acids is 1. The van der Waals surface area contributed by atoms with Gasteiger partial charge in [0.15, 0.2) is 5.69 Å². The molecule has 20 heavy (non-hydrogen) atoms. The van der Waals surface area contributed by atoms with E-state index < -0.39 is 10.8 Å². The second-order valence-electron chi connectivity index (χ2n) is 4.11. The molecule has 2 heterocycles. The second kappa shape index (κ2) is 5.30. The molecule has 2 aromatic rings. The summed E-state index contributed by atoms with van der Waals surface area (Å²) in [5.41, 5.74) is 1.25. The van der Waals surface area contributed by atoms with Crippen molar-refractivity contribution in [1.82, 2.24) is 9.55 Å². The first kappa shape index (κ1) is 14.0. The summed E-state index contributed by atoms with van der Waals surface area (Å²) in [4.78, 5) is 26.3. The van der Waals surface area contributed by atoms with Gasteiger partial charge in [-0.15, -0.1) is 0 Å². The van der Waals surface area contributed by atoms with Crippen molar-refractivity contribution in [1.29, 1.82) is 0 Å². The van der Waals surface area contributed by atoms with E-state index in [-0.39, 0.29) is 11.5 Å². The average Bonchev–Trinajstić information content (AvgIpc) is 2.74. The van der Waals surface area contributed by atoms with Gasteiger partial charge < -0.3 is 15.4 Å². The Morgan fingerprint density at radius 1 is 1.40 bits per heavy atom. The molecule has 0 bridgehead atoms. The Labute approximate surface area is 119 Å². The molecule has 0 radical (unpaired) electrons. The number of aryl methyl sites for hydroxylation is 1. The molecular formula is C12H11ClN4O3. The number of hydrogen-bond acceptors (Lipinski definition) is 4. The van der Waals surface area contributed by atoms with Crippen molar-refractivity contribution >= 4 is 29.0 Å². The van der Waals surface area contributed by atoms with Gasteiger partial charge >= 0.3 is 5.82 Å². The van der Waals surface area contributed by atoms with Crippen LogP contribution in [0.15, 0.2) is 24.3 Å². The standard InChI is InChI=1S/C12H11ClN4O3/c1-7-8(3-5-10(13)14-7)15-12(18)9-4-6-11(16(9)2)17(19)20/h3-6H,1-2H3,(H,15,18). The molecule has 7 nitrogen and oxygen atoms in total. The molecule has 0 saturated carbocycles. The van der Waals surface area contributed by atoms with Crippen LogP contribution >= 0.6 is 11.6 Å². The zero-order chi connectivity index (χ0) is 14.9. The summed E-state index contributed by atoms with van der Waals surface area (Å²) in [5, 5.41) is 13.7. The van der Waals surface area contributed by atoms with Gasteiger partial charge in [0, 0.05) is 6.07 Å². The zero-order valence-electron chi connectivity index (χ0n) is 10.8. The van der Waals surface area contributed by atoms with Gasteiger partial charge in [-0.2, -0.15) is 0 Å². The topological polar surface area (TPSA) is 90.1 Å². The summed E-state index contributed by atoms with van der Waals surface area (Å²) < 4.78 is 1.22. The van der Waals surface area contributed by atoms with Crippen LogP contribution in [0.25, 0.3) is 0 Å². The summed E-state index contributed by atoms with van der Waals surface area (Å²) in [7, 11) is 1.46. The van der Waals surface area contributed by atoms with E-state index >= 15 is 0 Å². The Kier molecular flexibility index (Phi) is 3.71. The number of amides is 1. The third-order valence-electron chi connectivity index (χ3n) is 2.82. The fourth-order valence-corrected chi connectivity index (χ4v) is 1.95. The Bertz CT molecular complexity index is 696. The van der Waals surface area contributed by atoms with Crippen molar-refractivity contribution in [2.45, 2.75) is 6.92 Å². The highest BCUT2D eigenvalue weighted by molar-refractivity contribution is 6.29. The van der Waals surface area contributed by atoms with Gasteiger partial charge in [-0.3, -0.25) is 4.79 Å². The number of carbonyl (C=O) groups is 1. The van der Waals surface area contributed by atoms with Gasteiger partial charge in [-0.25, -0.2) is 9.55 Å². The van der Waals surface area contributed by atoms with Crippen LogP contribution in [0, 0.1) is 17.0 Å². The molecule has 0 unspecified atom stereocenters. The van der Waals surface area contributed by atoms with Gasteiger partial charge in [-0.05, 0) is 30.0 Å². The molecule has 0 spiro atoms. The number of nitrogens with one attached hydrogen (secondary N) is 1. The number of nitro groups is 1. The molecule has 0 atom stereocenters. The third kappa shape index (κ3) is 2.62. The molecular weight excluding hydrogens is 284 g/mol. The smallest absolute Gasteiger partial charge is 0.323 e. The van der Waals surface area contributed by atoms with Crippen LogP contribution < -0.4 is 5.32 Å². The average molecular weight is 295 g/mol. The molecule has 1 amide bonds. The van der Waals surface area contributed by atoms with Gasteiger partial charge in [-0.1, -0.05) is 11.6 Å². The van der Waals surface area contributed by atoms with Crippen LogP contribution in [-0.4, -0.2) is 20.4 Å². The van der Waals surface area contributed by atoms with Gasteiger partial charge in [0.1, 0.15) is 5.15 Å². The van der Waals surface area contributed by atoms with Crippen molar-refractivity contribution in [2.75, 3.05) is 5.32 Å². The number of aromatic nitrogens is 2. The molecule has 2 rings (SSSR count). The van der Waals surface area contributed by atoms with Gasteiger partial charge in [0.2, 0.25) is 0 Å². The van der Waals surface area contributed by atoms with Crippen LogP contribution in [-0.2, 0) is 7.05 Å². The minimum Gasteiger partial charge on any atom is -0.358 e. The molecule has 0 fully saturated rings. The van der Waals surface area contributed by atoms with Crippen LogP contribution in [0.4, 0.5) is 11.5 Å². The quantitative estimate of drug-likeness (QED) is 0.535. The zero-order valence-corrected chi connectivity index (χ0v) is 11.5. The first-order valence-corrected chi connectivity index (χ1v) is 6.02. The maximum atomic E-state index is 12.1. The minimum absolute atomic E-state index is 0.152. The predicted molar refractivity (Wildman–Crippen MR) is 74.0 cm³/mol. The number of hydrogen-bond donors (Lipinski definition) is 1. The molecule has 1 N–H and O–H groups in total. The van der Waals surface area contributed by atoms with E-state index in [0.29, 0.717) is 16.5 Å². The summed E-state index contributed by atoms with van der Waals surface area (Å²) in [5.74, 6) is -0.603. The van der Waals surface area contributed by atoms with E-state index in [1.54, 1.807) is 19.1 Å². The number of pyridine rings is 1. The Balaban J connectivity index is 2.26. The van der Waals surface area contributed by atoms with E-state index in [4.69, 9.17) is 11.6 Å². The second-order valence-corrected chi connectivity index (χ2v) is 4.50. The first-order valence-electron chi connectivity index (χ1n) is 5.64. The van der Waals surface area contributed by atoms with Crippen LogP contribution in [0.3, 0.4) is 0 Å². The molecule has 0 aliphatic heterocycles. The lowest BCUT2D eigenvalue weighted by Crippen LogP contribution is -2.17. The van der Waals surface area contributed by atoms with E-state index in [1.807, 2.05) is 0 Å². The lowest BCUT2D eigenvalue weighted by molar-refractivity contribution is -0.391. The number of nitrogens with zero attached hydrogens (tertiary/aromatic N) is 3. The molecule has 0 aliphatic carbocycles. The molecule has 104 valence electrons. The van der Waals surface area contributed by atoms with Crippen molar-refractivity contribution in [2.24, 2.45) is 7.05 Å².